The van der Waals surface area contributed by atoms with E-state index < -0.39 is 0 Å². The van der Waals surface area contributed by atoms with Crippen LogP contribution in [-0.2, 0) is 13.7 Å². The topological polar surface area (TPSA) is 58.3 Å². The molecular weight excluding hydrogens is 212 g/mol. The van der Waals surface area contributed by atoms with Crippen molar-refractivity contribution in [1.29, 1.82) is 0 Å². The van der Waals surface area contributed by atoms with Crippen molar-refractivity contribution in [2.24, 2.45) is 13.0 Å². The molecular formula is C10H18N2O2S. The number of aryl methyl sites for hydroxylation is 2. The smallest absolute Gasteiger partial charge is 0.0994 e. The van der Waals surface area contributed by atoms with Gasteiger partial charge in [0.2, 0.25) is 0 Å². The largest absolute Gasteiger partial charge is 0.396 e. The van der Waals surface area contributed by atoms with Crippen LogP contribution in [0.4, 0.5) is 0 Å². The van der Waals surface area contributed by atoms with Crippen LogP contribution >= 0.6 is 11.8 Å². The summed E-state index contributed by atoms with van der Waals surface area (Å²) in [7, 11) is 1.87. The van der Waals surface area contributed by atoms with Crippen LogP contribution in [-0.4, -0.2) is 32.4 Å². The average Bonchev–Trinajstić information content (AvgIpc) is 2.49. The third kappa shape index (κ3) is 2.96. The molecule has 0 saturated carbocycles. The van der Waals surface area contributed by atoms with Crippen LogP contribution in [0.2, 0.25) is 0 Å². The Labute approximate surface area is 94.3 Å². The molecule has 0 aliphatic rings. The normalized spacial score (nSPS) is 13.1. The van der Waals surface area contributed by atoms with Gasteiger partial charge in [-0.1, -0.05) is 6.92 Å². The van der Waals surface area contributed by atoms with Gasteiger partial charge in [0.25, 0.3) is 0 Å². The van der Waals surface area contributed by atoms with E-state index in [-0.39, 0.29) is 19.1 Å². The molecule has 1 rings (SSSR count). The summed E-state index contributed by atoms with van der Waals surface area (Å²) in [4.78, 5) is 0. The zero-order valence-corrected chi connectivity index (χ0v) is 10.2. The Hall–Kier alpha value is -0.520. The number of hydrogen-bond donors (Lipinski definition) is 2. The van der Waals surface area contributed by atoms with Crippen molar-refractivity contribution in [2.45, 2.75) is 25.5 Å². The van der Waals surface area contributed by atoms with Crippen molar-refractivity contribution in [3.63, 3.8) is 0 Å². The van der Waals surface area contributed by atoms with E-state index in [4.69, 9.17) is 5.11 Å². The van der Waals surface area contributed by atoms with Gasteiger partial charge in [0.05, 0.1) is 17.3 Å². The van der Waals surface area contributed by atoms with E-state index in [2.05, 4.69) is 5.10 Å². The minimum atomic E-state index is 0.0233. The summed E-state index contributed by atoms with van der Waals surface area (Å²) in [5.41, 5.74) is 1.77. The second kappa shape index (κ2) is 5.53. The predicted octanol–water partition coefficient (Wildman–Crippen LogP) is 0.941. The van der Waals surface area contributed by atoms with E-state index in [0.29, 0.717) is 0 Å². The first-order chi connectivity index (χ1) is 7.10. The number of aromatic nitrogens is 2. The molecule has 0 saturated heterocycles. The van der Waals surface area contributed by atoms with Crippen molar-refractivity contribution in [3.8, 4) is 0 Å². The number of aliphatic hydroxyl groups is 2. The van der Waals surface area contributed by atoms with Crippen molar-refractivity contribution < 1.29 is 10.2 Å². The molecule has 0 radical (unpaired) electrons. The van der Waals surface area contributed by atoms with Gasteiger partial charge in [-0.15, -0.1) is 11.8 Å². The standard InChI is InChI=1S/C10H18N2O2S/c1-7(4-13)6-15-10-9(5-14)8(2)11-12(10)3/h7,13-14H,4-6H2,1-3H3. The third-order valence-electron chi connectivity index (χ3n) is 2.26. The molecule has 0 amide bonds. The second-order valence-electron chi connectivity index (χ2n) is 3.75. The Morgan fingerprint density at radius 3 is 2.67 bits per heavy atom. The molecule has 1 aromatic rings. The molecule has 15 heavy (non-hydrogen) atoms. The molecule has 1 atom stereocenters. The lowest BCUT2D eigenvalue weighted by molar-refractivity contribution is 0.250. The number of rotatable bonds is 5. The molecule has 1 unspecified atom stereocenters. The van der Waals surface area contributed by atoms with Gasteiger partial charge in [0, 0.05) is 25.0 Å². The van der Waals surface area contributed by atoms with Crippen LogP contribution in [0, 0.1) is 12.8 Å². The van der Waals surface area contributed by atoms with Crippen LogP contribution < -0.4 is 0 Å². The summed E-state index contributed by atoms with van der Waals surface area (Å²) in [5.74, 6) is 1.10. The fourth-order valence-corrected chi connectivity index (χ4v) is 2.48. The quantitative estimate of drug-likeness (QED) is 0.739. The number of aliphatic hydroxyl groups excluding tert-OH is 2. The van der Waals surface area contributed by atoms with Crippen LogP contribution in [0.5, 0.6) is 0 Å². The van der Waals surface area contributed by atoms with Crippen molar-refractivity contribution in [2.75, 3.05) is 12.4 Å². The minimum absolute atomic E-state index is 0.0233. The first-order valence-electron chi connectivity index (χ1n) is 4.97. The highest BCUT2D eigenvalue weighted by Crippen LogP contribution is 2.26. The zero-order valence-electron chi connectivity index (χ0n) is 9.40. The molecule has 0 fully saturated rings. The second-order valence-corrected chi connectivity index (χ2v) is 4.76. The monoisotopic (exact) mass is 230 g/mol. The lowest BCUT2D eigenvalue weighted by Gasteiger charge is -2.08. The molecule has 5 heteroatoms. The number of nitrogens with zero attached hydrogens (tertiary/aromatic N) is 2. The predicted molar refractivity (Wildman–Crippen MR) is 60.8 cm³/mol. The van der Waals surface area contributed by atoms with E-state index in [0.717, 1.165) is 22.0 Å². The molecule has 0 bridgehead atoms. The van der Waals surface area contributed by atoms with Crippen LogP contribution in [0.1, 0.15) is 18.2 Å². The van der Waals surface area contributed by atoms with Crippen molar-refractivity contribution in [3.05, 3.63) is 11.3 Å². The van der Waals surface area contributed by atoms with Gasteiger partial charge >= 0.3 is 0 Å². The van der Waals surface area contributed by atoms with Gasteiger partial charge in [0.1, 0.15) is 0 Å². The average molecular weight is 230 g/mol. The summed E-state index contributed by atoms with van der Waals surface area (Å²) in [5, 5.41) is 23.4. The summed E-state index contributed by atoms with van der Waals surface area (Å²) in [6.45, 7) is 4.10. The fraction of sp³-hybridized carbons (Fsp3) is 0.700. The molecule has 0 aliphatic heterocycles. The Balaban J connectivity index is 2.75. The van der Waals surface area contributed by atoms with E-state index in [1.165, 1.54) is 0 Å². The van der Waals surface area contributed by atoms with E-state index in [9.17, 15) is 5.11 Å². The molecule has 1 heterocycles. The van der Waals surface area contributed by atoms with E-state index in [1.807, 2.05) is 20.9 Å². The molecule has 86 valence electrons. The maximum Gasteiger partial charge on any atom is 0.0994 e. The summed E-state index contributed by atoms with van der Waals surface area (Å²) in [6, 6.07) is 0. The van der Waals surface area contributed by atoms with Crippen LogP contribution in [0.25, 0.3) is 0 Å². The Bertz CT molecular complexity index is 325. The molecule has 4 nitrogen and oxygen atoms in total. The van der Waals surface area contributed by atoms with Gasteiger partial charge < -0.3 is 10.2 Å². The molecule has 0 aromatic carbocycles. The first kappa shape index (κ1) is 12.5. The highest BCUT2D eigenvalue weighted by atomic mass is 32.2. The highest BCUT2D eigenvalue weighted by molar-refractivity contribution is 7.99. The number of hydrogen-bond acceptors (Lipinski definition) is 4. The Morgan fingerprint density at radius 1 is 1.47 bits per heavy atom. The molecule has 2 N–H and O–H groups in total. The van der Waals surface area contributed by atoms with Crippen molar-refractivity contribution >= 4 is 11.8 Å². The summed E-state index contributed by atoms with van der Waals surface area (Å²) in [6.07, 6.45) is 0. The van der Waals surface area contributed by atoms with Crippen molar-refractivity contribution in [1.82, 2.24) is 9.78 Å². The minimum Gasteiger partial charge on any atom is -0.396 e. The maximum absolute atomic E-state index is 9.22. The third-order valence-corrected chi connectivity index (χ3v) is 3.78. The highest BCUT2D eigenvalue weighted by Gasteiger charge is 2.13. The lowest BCUT2D eigenvalue weighted by atomic mass is 10.2. The zero-order chi connectivity index (χ0) is 11.4. The Kier molecular flexibility index (Phi) is 4.63. The van der Waals surface area contributed by atoms with Gasteiger partial charge in [-0.3, -0.25) is 4.68 Å². The first-order valence-corrected chi connectivity index (χ1v) is 5.95. The number of thioether (sulfide) groups is 1. The Morgan fingerprint density at radius 2 is 2.13 bits per heavy atom. The fourth-order valence-electron chi connectivity index (χ4n) is 1.32. The molecule has 1 aromatic heterocycles. The molecule has 0 spiro atoms. The summed E-state index contributed by atoms with van der Waals surface area (Å²) < 4.78 is 1.79. The van der Waals surface area contributed by atoms with Crippen LogP contribution in [0.3, 0.4) is 0 Å². The van der Waals surface area contributed by atoms with Gasteiger partial charge in [-0.2, -0.15) is 5.10 Å². The van der Waals surface area contributed by atoms with Crippen LogP contribution in [0.15, 0.2) is 5.03 Å². The van der Waals surface area contributed by atoms with E-state index in [1.54, 1.807) is 16.4 Å². The summed E-state index contributed by atoms with van der Waals surface area (Å²) >= 11 is 1.63. The maximum atomic E-state index is 9.22. The van der Waals surface area contributed by atoms with E-state index >= 15 is 0 Å². The van der Waals surface area contributed by atoms with Gasteiger partial charge in [-0.25, -0.2) is 0 Å². The van der Waals surface area contributed by atoms with Gasteiger partial charge in [-0.05, 0) is 12.8 Å². The SMILES string of the molecule is Cc1nn(C)c(SCC(C)CO)c1CO. The lowest BCUT2D eigenvalue weighted by Crippen LogP contribution is -2.05. The molecule has 0 aliphatic carbocycles. The van der Waals surface area contributed by atoms with Gasteiger partial charge in [0.15, 0.2) is 0 Å².